The predicted octanol–water partition coefficient (Wildman–Crippen LogP) is 3.96. The van der Waals surface area contributed by atoms with Crippen molar-refractivity contribution in [3.8, 4) is 0 Å². The lowest BCUT2D eigenvalue weighted by Gasteiger charge is -2.43. The molecule has 0 heterocycles. The van der Waals surface area contributed by atoms with Crippen molar-refractivity contribution in [1.29, 1.82) is 0 Å². The maximum absolute atomic E-state index is 12.1. The fraction of sp³-hybridized carbons (Fsp3) is 0.833. The van der Waals surface area contributed by atoms with Crippen LogP contribution in [0.4, 0.5) is 0 Å². The summed E-state index contributed by atoms with van der Waals surface area (Å²) in [6.45, 7) is 7.87. The first-order valence-corrected chi connectivity index (χ1v) is 8.44. The number of rotatable bonds is 3. The molecule has 0 aromatic heterocycles. The zero-order valence-electron chi connectivity index (χ0n) is 12.7. The molecule has 0 aromatic rings. The van der Waals surface area contributed by atoms with Crippen LogP contribution in [0.2, 0.25) is 0 Å². The van der Waals surface area contributed by atoms with E-state index in [1.54, 1.807) is 6.92 Å². The van der Waals surface area contributed by atoms with Gasteiger partial charge in [0.05, 0.1) is 0 Å². The fourth-order valence-electron chi connectivity index (χ4n) is 6.56. The highest BCUT2D eigenvalue weighted by Gasteiger charge is 2.69. The molecule has 20 heavy (non-hydrogen) atoms. The monoisotopic (exact) mass is 274 g/mol. The Morgan fingerprint density at radius 3 is 2.85 bits per heavy atom. The summed E-state index contributed by atoms with van der Waals surface area (Å²) in [4.78, 5) is 12.1. The number of hydrogen-bond acceptors (Lipinski definition) is 2. The molecule has 2 nitrogen and oxygen atoms in total. The highest BCUT2D eigenvalue weighted by molar-refractivity contribution is 5.87. The van der Waals surface area contributed by atoms with Gasteiger partial charge >= 0.3 is 5.97 Å². The summed E-state index contributed by atoms with van der Waals surface area (Å²) in [6, 6.07) is 0. The summed E-state index contributed by atoms with van der Waals surface area (Å²) >= 11 is 0. The predicted molar refractivity (Wildman–Crippen MR) is 78.0 cm³/mol. The van der Waals surface area contributed by atoms with Crippen molar-refractivity contribution in [3.05, 3.63) is 12.2 Å². The van der Waals surface area contributed by atoms with E-state index < -0.39 is 0 Å². The molecule has 2 heteroatoms. The maximum Gasteiger partial charge on any atom is 0.333 e. The quantitative estimate of drug-likeness (QED) is 0.442. The van der Waals surface area contributed by atoms with E-state index in [1.807, 2.05) is 0 Å². The summed E-state index contributed by atoms with van der Waals surface area (Å²) in [7, 11) is 0. The SMILES string of the molecule is C=C(C)C(=O)OC12CCC(C1)C1C3CC(CC)C(C3)C12. The van der Waals surface area contributed by atoms with Gasteiger partial charge in [0.2, 0.25) is 0 Å². The van der Waals surface area contributed by atoms with E-state index in [0.717, 1.165) is 42.4 Å². The van der Waals surface area contributed by atoms with Gasteiger partial charge in [-0.25, -0.2) is 4.79 Å². The van der Waals surface area contributed by atoms with Crippen LogP contribution in [0, 0.1) is 35.5 Å². The zero-order chi connectivity index (χ0) is 14.1. The van der Waals surface area contributed by atoms with Crippen LogP contribution in [0.15, 0.2) is 12.2 Å². The zero-order valence-corrected chi connectivity index (χ0v) is 12.7. The van der Waals surface area contributed by atoms with Crippen LogP contribution in [0.3, 0.4) is 0 Å². The molecule has 0 spiro atoms. The number of carbonyl (C=O) groups is 1. The lowest BCUT2D eigenvalue weighted by molar-refractivity contribution is -0.163. The molecule has 0 radical (unpaired) electrons. The second-order valence-electron chi connectivity index (χ2n) is 7.90. The summed E-state index contributed by atoms with van der Waals surface area (Å²) in [5.74, 6) is 4.89. The number of hydrogen-bond donors (Lipinski definition) is 0. The smallest absolute Gasteiger partial charge is 0.333 e. The van der Waals surface area contributed by atoms with Crippen LogP contribution < -0.4 is 0 Å². The normalized spacial score (nSPS) is 51.3. The van der Waals surface area contributed by atoms with E-state index in [1.165, 1.54) is 25.7 Å². The van der Waals surface area contributed by atoms with E-state index in [0.29, 0.717) is 11.5 Å². The van der Waals surface area contributed by atoms with Gasteiger partial charge in [-0.15, -0.1) is 0 Å². The van der Waals surface area contributed by atoms with E-state index in [4.69, 9.17) is 4.74 Å². The Labute approximate surface area is 122 Å². The summed E-state index contributed by atoms with van der Waals surface area (Å²) in [5.41, 5.74) is 0.444. The van der Waals surface area contributed by atoms with Crippen molar-refractivity contribution >= 4 is 5.97 Å². The Balaban J connectivity index is 1.64. The van der Waals surface area contributed by atoms with Gasteiger partial charge in [0.25, 0.3) is 0 Å². The van der Waals surface area contributed by atoms with Crippen LogP contribution in [0.5, 0.6) is 0 Å². The maximum atomic E-state index is 12.1. The Bertz CT molecular complexity index is 468. The molecule has 0 saturated heterocycles. The molecule has 4 bridgehead atoms. The third-order valence-electron chi connectivity index (χ3n) is 7.07. The minimum absolute atomic E-state index is 0.112. The van der Waals surface area contributed by atoms with Gasteiger partial charge in [0.15, 0.2) is 0 Å². The van der Waals surface area contributed by atoms with Crippen molar-refractivity contribution in [2.45, 2.75) is 58.0 Å². The Hall–Kier alpha value is -0.790. The fourth-order valence-corrected chi connectivity index (χ4v) is 6.56. The average Bonchev–Trinajstić information content (AvgIpc) is 3.14. The lowest BCUT2D eigenvalue weighted by atomic mass is 9.65. The molecule has 4 aliphatic rings. The molecular weight excluding hydrogens is 248 g/mol. The summed E-state index contributed by atoms with van der Waals surface area (Å²) in [6.07, 6.45) is 7.70. The number of ether oxygens (including phenoxy) is 1. The second-order valence-corrected chi connectivity index (χ2v) is 7.90. The molecule has 4 saturated carbocycles. The molecule has 7 atom stereocenters. The van der Waals surface area contributed by atoms with Crippen molar-refractivity contribution in [2.75, 3.05) is 0 Å². The molecule has 0 amide bonds. The van der Waals surface area contributed by atoms with Crippen LogP contribution in [0.1, 0.15) is 52.4 Å². The highest BCUT2D eigenvalue weighted by atomic mass is 16.6. The largest absolute Gasteiger partial charge is 0.455 e. The van der Waals surface area contributed by atoms with Gasteiger partial charge in [-0.1, -0.05) is 19.9 Å². The first-order chi connectivity index (χ1) is 9.55. The van der Waals surface area contributed by atoms with Crippen LogP contribution in [-0.4, -0.2) is 11.6 Å². The van der Waals surface area contributed by atoms with E-state index in [2.05, 4.69) is 13.5 Å². The third-order valence-corrected chi connectivity index (χ3v) is 7.07. The number of esters is 1. The first kappa shape index (κ1) is 12.9. The average molecular weight is 274 g/mol. The van der Waals surface area contributed by atoms with Crippen molar-refractivity contribution in [2.24, 2.45) is 35.5 Å². The Kier molecular flexibility index (Phi) is 2.66. The van der Waals surface area contributed by atoms with Gasteiger partial charge in [0.1, 0.15) is 5.60 Å². The van der Waals surface area contributed by atoms with E-state index >= 15 is 0 Å². The van der Waals surface area contributed by atoms with Crippen LogP contribution in [-0.2, 0) is 9.53 Å². The topological polar surface area (TPSA) is 26.3 Å². The molecule has 0 N–H and O–H groups in total. The van der Waals surface area contributed by atoms with E-state index in [9.17, 15) is 4.79 Å². The van der Waals surface area contributed by atoms with Crippen molar-refractivity contribution < 1.29 is 9.53 Å². The van der Waals surface area contributed by atoms with Gasteiger partial charge in [0, 0.05) is 11.5 Å². The first-order valence-electron chi connectivity index (χ1n) is 8.44. The molecule has 4 rings (SSSR count). The molecule has 4 fully saturated rings. The molecular formula is C18H26O2. The minimum Gasteiger partial charge on any atom is -0.455 e. The Morgan fingerprint density at radius 2 is 2.15 bits per heavy atom. The number of fused-ring (bicyclic) bond motifs is 9. The second kappa shape index (κ2) is 4.11. The van der Waals surface area contributed by atoms with Crippen molar-refractivity contribution in [3.63, 3.8) is 0 Å². The van der Waals surface area contributed by atoms with Crippen LogP contribution in [0.25, 0.3) is 0 Å². The lowest BCUT2D eigenvalue weighted by Crippen LogP contribution is -2.45. The van der Waals surface area contributed by atoms with Gasteiger partial charge < -0.3 is 4.74 Å². The molecule has 0 aliphatic heterocycles. The molecule has 0 aromatic carbocycles. The van der Waals surface area contributed by atoms with E-state index in [-0.39, 0.29) is 11.6 Å². The Morgan fingerprint density at radius 1 is 1.35 bits per heavy atom. The molecule has 110 valence electrons. The van der Waals surface area contributed by atoms with Gasteiger partial charge in [-0.05, 0) is 68.6 Å². The molecule has 7 unspecified atom stereocenters. The number of carbonyl (C=O) groups excluding carboxylic acids is 1. The van der Waals surface area contributed by atoms with Crippen molar-refractivity contribution in [1.82, 2.24) is 0 Å². The van der Waals surface area contributed by atoms with Gasteiger partial charge in [-0.2, -0.15) is 0 Å². The standard InChI is InChI=1S/C18H26O2/c1-4-11-7-13-8-14(11)16-15(13)12-5-6-18(16,9-12)20-17(19)10(2)3/h11-16H,2,4-9H2,1,3H3. The molecule has 4 aliphatic carbocycles. The highest BCUT2D eigenvalue weighted by Crippen LogP contribution is 2.71. The summed E-state index contributed by atoms with van der Waals surface area (Å²) in [5, 5.41) is 0. The van der Waals surface area contributed by atoms with Crippen LogP contribution >= 0.6 is 0 Å². The third kappa shape index (κ3) is 1.48. The summed E-state index contributed by atoms with van der Waals surface area (Å²) < 4.78 is 6.07. The van der Waals surface area contributed by atoms with Gasteiger partial charge in [-0.3, -0.25) is 0 Å². The minimum atomic E-state index is -0.151.